The van der Waals surface area contributed by atoms with Crippen molar-refractivity contribution in [2.24, 2.45) is 0 Å². The monoisotopic (exact) mass is 621 g/mol. The van der Waals surface area contributed by atoms with Crippen LogP contribution < -0.4 is 5.32 Å². The smallest absolute Gasteiger partial charge is 0.334 e. The van der Waals surface area contributed by atoms with Crippen LogP contribution in [0.25, 0.3) is 11.1 Å². The summed E-state index contributed by atoms with van der Waals surface area (Å²) in [6.45, 7) is 4.85. The topological polar surface area (TPSA) is 96.4 Å². The van der Waals surface area contributed by atoms with Crippen LogP contribution in [0.5, 0.6) is 5.75 Å². The van der Waals surface area contributed by atoms with Crippen LogP contribution in [0.3, 0.4) is 0 Å². The number of aromatic hydroxyl groups is 1. The fourth-order valence-corrected chi connectivity index (χ4v) is 6.72. The van der Waals surface area contributed by atoms with Crippen LogP contribution in [0.15, 0.2) is 108 Å². The van der Waals surface area contributed by atoms with Gasteiger partial charge in [0.2, 0.25) is 11.8 Å². The molecule has 0 aliphatic carbocycles. The number of nitrogens with one attached hydrogen (secondary N) is 1. The lowest BCUT2D eigenvalue weighted by Gasteiger charge is -2.55. The Balaban J connectivity index is 1.34. The first-order valence-electron chi connectivity index (χ1n) is 14.9. The van der Waals surface area contributed by atoms with Crippen molar-refractivity contribution in [2.45, 2.75) is 31.7 Å². The summed E-state index contributed by atoms with van der Waals surface area (Å²) in [4.78, 5) is 45.3. The fraction of sp³-hybridized carbons (Fsp3) is 0.229. The number of fused-ring (bicyclic) bond motifs is 1. The molecule has 6 rings (SSSR count). The van der Waals surface area contributed by atoms with Crippen molar-refractivity contribution < 1.29 is 19.5 Å². The molecule has 230 valence electrons. The number of phenolic OH excluding ortho intramolecular Hbond substituents is 1. The van der Waals surface area contributed by atoms with Gasteiger partial charge < -0.3 is 20.2 Å². The minimum atomic E-state index is -0.837. The highest BCUT2D eigenvalue weighted by molar-refractivity contribution is 7.08. The van der Waals surface area contributed by atoms with E-state index < -0.39 is 12.2 Å². The predicted octanol–water partition coefficient (Wildman–Crippen LogP) is 4.86. The zero-order valence-electron chi connectivity index (χ0n) is 24.8. The van der Waals surface area contributed by atoms with Gasteiger partial charge >= 0.3 is 6.03 Å². The van der Waals surface area contributed by atoms with E-state index in [1.165, 1.54) is 0 Å². The van der Waals surface area contributed by atoms with Crippen LogP contribution in [0.2, 0.25) is 0 Å². The summed E-state index contributed by atoms with van der Waals surface area (Å²) in [6, 6.07) is 25.2. The number of hydrogen-bond acceptors (Lipinski definition) is 6. The first-order valence-corrected chi connectivity index (χ1v) is 15.8. The molecule has 2 atom stereocenters. The Hall–Kier alpha value is -4.93. The molecule has 2 N–H and O–H groups in total. The van der Waals surface area contributed by atoms with Gasteiger partial charge in [-0.25, -0.2) is 14.8 Å². The van der Waals surface area contributed by atoms with Gasteiger partial charge in [-0.3, -0.25) is 9.59 Å². The van der Waals surface area contributed by atoms with Crippen LogP contribution in [0.1, 0.15) is 16.7 Å². The molecule has 0 unspecified atom stereocenters. The highest BCUT2D eigenvalue weighted by atomic mass is 32.1. The summed E-state index contributed by atoms with van der Waals surface area (Å²) in [5.74, 6) is -0.297. The van der Waals surface area contributed by atoms with Gasteiger partial charge in [0.05, 0.1) is 13.1 Å². The molecule has 2 aliphatic heterocycles. The molecular formula is C35H35N5O4S. The number of rotatable bonds is 9. The minimum absolute atomic E-state index is 0.0661. The zero-order valence-corrected chi connectivity index (χ0v) is 25.6. The number of carbonyl (C=O) groups excluding carboxylic acids is 3. The van der Waals surface area contributed by atoms with Gasteiger partial charge in [0.15, 0.2) is 0 Å². The molecule has 0 bridgehead atoms. The van der Waals surface area contributed by atoms with Crippen LogP contribution in [0, 0.1) is 0 Å². The molecule has 10 heteroatoms. The van der Waals surface area contributed by atoms with Crippen molar-refractivity contribution in [2.75, 3.05) is 19.6 Å². The molecule has 4 aromatic rings. The molecule has 9 nitrogen and oxygen atoms in total. The van der Waals surface area contributed by atoms with Crippen molar-refractivity contribution in [3.05, 3.63) is 125 Å². The van der Waals surface area contributed by atoms with Gasteiger partial charge in [0, 0.05) is 26.1 Å². The second-order valence-electron chi connectivity index (χ2n) is 11.2. The lowest BCUT2D eigenvalue weighted by molar-refractivity contribution is -0.189. The molecule has 1 aromatic heterocycles. The molecule has 3 aromatic carbocycles. The van der Waals surface area contributed by atoms with E-state index in [1.807, 2.05) is 53.9 Å². The first kappa shape index (κ1) is 30.1. The third-order valence-corrected chi connectivity index (χ3v) is 8.87. The fourth-order valence-electron chi connectivity index (χ4n) is 6.05. The lowest BCUT2D eigenvalue weighted by atomic mass is 9.98. The molecule has 2 fully saturated rings. The van der Waals surface area contributed by atoms with E-state index in [1.54, 1.807) is 61.5 Å². The average Bonchev–Trinajstić information content (AvgIpc) is 3.59. The van der Waals surface area contributed by atoms with Gasteiger partial charge in [-0.1, -0.05) is 66.7 Å². The van der Waals surface area contributed by atoms with Crippen molar-refractivity contribution in [1.82, 2.24) is 25.1 Å². The molecular weight excluding hydrogens is 586 g/mol. The second kappa shape index (κ2) is 13.4. The Labute approximate surface area is 266 Å². The average molecular weight is 622 g/mol. The summed E-state index contributed by atoms with van der Waals surface area (Å²) >= 11 is 1.63. The normalized spacial score (nSPS) is 18.5. The zero-order chi connectivity index (χ0) is 31.3. The summed E-state index contributed by atoms with van der Waals surface area (Å²) in [7, 11) is 0. The Morgan fingerprint density at radius 2 is 1.73 bits per heavy atom. The summed E-state index contributed by atoms with van der Waals surface area (Å²) < 4.78 is 0. The van der Waals surface area contributed by atoms with E-state index in [0.717, 1.165) is 27.8 Å². The minimum Gasteiger partial charge on any atom is -0.508 e. The van der Waals surface area contributed by atoms with Crippen molar-refractivity contribution in [1.29, 1.82) is 0 Å². The summed E-state index contributed by atoms with van der Waals surface area (Å²) in [5.41, 5.74) is 4.87. The molecule has 45 heavy (non-hydrogen) atoms. The van der Waals surface area contributed by atoms with Crippen LogP contribution in [0.4, 0.5) is 4.79 Å². The highest BCUT2D eigenvalue weighted by Gasteiger charge is 2.51. The van der Waals surface area contributed by atoms with Gasteiger partial charge in [0.1, 0.15) is 18.0 Å². The Bertz CT molecular complexity index is 1660. The van der Waals surface area contributed by atoms with Gasteiger partial charge in [0.25, 0.3) is 0 Å². The molecule has 4 amide bonds. The number of urea groups is 1. The summed E-state index contributed by atoms with van der Waals surface area (Å²) in [6.07, 6.45) is 1.17. The Kier molecular flexibility index (Phi) is 8.95. The second-order valence-corrected chi connectivity index (χ2v) is 12.0. The molecule has 0 saturated carbocycles. The highest BCUT2D eigenvalue weighted by Crippen LogP contribution is 2.30. The Morgan fingerprint density at radius 3 is 2.47 bits per heavy atom. The van der Waals surface area contributed by atoms with Crippen LogP contribution >= 0.6 is 11.3 Å². The number of benzene rings is 3. The van der Waals surface area contributed by atoms with E-state index in [-0.39, 0.29) is 49.7 Å². The van der Waals surface area contributed by atoms with Crippen molar-refractivity contribution in [3.8, 4) is 16.9 Å². The van der Waals surface area contributed by atoms with Gasteiger partial charge in [-0.15, -0.1) is 6.58 Å². The standard InChI is InChI=1S/C35H35N5O4S/c1-2-16-38-23-33(42)39-31(19-25-11-13-30(41)14-12-25)34(43)37(21-27-9-6-10-28(18-27)29-15-17-45-24-29)22-32(39)40(38)35(44)36-20-26-7-4-3-5-8-26/h2-15,17-18,24,31-32,41H,1,16,19-23H2,(H,36,44)/t31-,32-/m0/s1. The van der Waals surface area contributed by atoms with Gasteiger partial charge in [-0.05, 0) is 62.8 Å². The maximum atomic E-state index is 14.2. The largest absolute Gasteiger partial charge is 0.508 e. The quantitative estimate of drug-likeness (QED) is 0.261. The Morgan fingerprint density at radius 1 is 0.956 bits per heavy atom. The number of carbonyl (C=O) groups is 3. The molecule has 0 radical (unpaired) electrons. The van der Waals surface area contributed by atoms with Crippen LogP contribution in [-0.2, 0) is 29.1 Å². The molecule has 2 saturated heterocycles. The van der Waals surface area contributed by atoms with E-state index in [0.29, 0.717) is 13.1 Å². The van der Waals surface area contributed by atoms with E-state index in [9.17, 15) is 19.5 Å². The third-order valence-electron chi connectivity index (χ3n) is 8.18. The molecule has 0 spiro atoms. The number of thiophene rings is 1. The predicted molar refractivity (Wildman–Crippen MR) is 174 cm³/mol. The molecule has 3 heterocycles. The van der Waals surface area contributed by atoms with E-state index >= 15 is 0 Å². The maximum absolute atomic E-state index is 14.2. The number of hydrogen-bond donors (Lipinski definition) is 2. The van der Waals surface area contributed by atoms with Crippen molar-refractivity contribution in [3.63, 3.8) is 0 Å². The van der Waals surface area contributed by atoms with E-state index in [2.05, 4.69) is 29.4 Å². The number of hydrazine groups is 1. The number of nitrogens with zero attached hydrogens (tertiary/aromatic N) is 4. The molecule has 2 aliphatic rings. The SMILES string of the molecule is C=CCN1CC(=O)N2[C@@H](Cc3ccc(O)cc3)C(=O)N(Cc3cccc(-c4ccsc4)c3)C[C@@H]2N1C(=O)NCc1ccccc1. The lowest BCUT2D eigenvalue weighted by Crippen LogP contribution is -2.76. The summed E-state index contributed by atoms with van der Waals surface area (Å²) in [5, 5.41) is 20.3. The number of piperazine rings is 1. The van der Waals surface area contributed by atoms with Crippen molar-refractivity contribution >= 4 is 29.2 Å². The third kappa shape index (κ3) is 6.62. The van der Waals surface area contributed by atoms with Crippen LogP contribution in [-0.4, -0.2) is 74.6 Å². The maximum Gasteiger partial charge on any atom is 0.334 e. The van der Waals surface area contributed by atoms with E-state index in [4.69, 9.17) is 0 Å². The van der Waals surface area contributed by atoms with Gasteiger partial charge in [-0.2, -0.15) is 11.3 Å². The number of phenols is 1. The number of amides is 4. The first-order chi connectivity index (χ1) is 21.9.